The topological polar surface area (TPSA) is 105 Å². The number of hydrogen-bond donors (Lipinski definition) is 1. The van der Waals surface area contributed by atoms with Gasteiger partial charge in [0.25, 0.3) is 10.0 Å². The molecule has 2 aromatic heterocycles. The zero-order chi connectivity index (χ0) is 21.3. The van der Waals surface area contributed by atoms with Crippen molar-refractivity contribution in [2.24, 2.45) is 5.92 Å². The molecule has 0 bridgehead atoms. The summed E-state index contributed by atoms with van der Waals surface area (Å²) in [5.41, 5.74) is 0.651. The molecule has 1 saturated carbocycles. The van der Waals surface area contributed by atoms with Crippen LogP contribution >= 0.6 is 11.3 Å². The van der Waals surface area contributed by atoms with Crippen LogP contribution in [0.3, 0.4) is 0 Å². The van der Waals surface area contributed by atoms with E-state index in [-0.39, 0.29) is 28.6 Å². The standard InChI is InChI=1S/C20H28N4O4S2/c1-13(2)21-19(25)15-8-5-9-24(11-15)30(26,27)17-10-16(12-29-17)18-22-20(28-23-18)14-6-3-4-7-14/h10,12-15H,3-9,11H2,1-2H3,(H,21,25). The van der Waals surface area contributed by atoms with Crippen LogP contribution in [0, 0.1) is 5.92 Å². The minimum Gasteiger partial charge on any atom is -0.354 e. The van der Waals surface area contributed by atoms with E-state index in [2.05, 4.69) is 15.5 Å². The zero-order valence-electron chi connectivity index (χ0n) is 17.3. The van der Waals surface area contributed by atoms with Crippen molar-refractivity contribution in [3.8, 4) is 11.4 Å². The van der Waals surface area contributed by atoms with E-state index in [0.29, 0.717) is 42.6 Å². The fraction of sp³-hybridized carbons (Fsp3) is 0.650. The lowest BCUT2D eigenvalue weighted by molar-refractivity contribution is -0.126. The summed E-state index contributed by atoms with van der Waals surface area (Å²) in [7, 11) is -3.67. The molecule has 2 aliphatic rings. The molecule has 8 nitrogen and oxygen atoms in total. The molecule has 3 heterocycles. The molecule has 1 N–H and O–H groups in total. The van der Waals surface area contributed by atoms with E-state index in [0.717, 1.165) is 24.2 Å². The Labute approximate surface area is 181 Å². The van der Waals surface area contributed by atoms with Crippen LogP contribution in [0.1, 0.15) is 64.2 Å². The van der Waals surface area contributed by atoms with Crippen molar-refractivity contribution < 1.29 is 17.7 Å². The second kappa shape index (κ2) is 8.76. The van der Waals surface area contributed by atoms with E-state index < -0.39 is 10.0 Å². The molecule has 10 heteroatoms. The maximum absolute atomic E-state index is 13.2. The summed E-state index contributed by atoms with van der Waals surface area (Å²) in [6.07, 6.45) is 5.84. The summed E-state index contributed by atoms with van der Waals surface area (Å²) in [6.45, 7) is 4.44. The number of piperidine rings is 1. The maximum atomic E-state index is 13.2. The summed E-state index contributed by atoms with van der Waals surface area (Å²) in [5.74, 6) is 0.996. The van der Waals surface area contributed by atoms with Crippen molar-refractivity contribution in [1.82, 2.24) is 19.8 Å². The van der Waals surface area contributed by atoms with Gasteiger partial charge in [0.1, 0.15) is 4.21 Å². The van der Waals surface area contributed by atoms with Crippen LogP contribution in [-0.2, 0) is 14.8 Å². The van der Waals surface area contributed by atoms with Gasteiger partial charge in [-0.1, -0.05) is 18.0 Å². The highest BCUT2D eigenvalue weighted by Gasteiger charge is 2.34. The number of thiophene rings is 1. The normalized spacial score (nSPS) is 21.4. The van der Waals surface area contributed by atoms with Crippen LogP contribution in [0.2, 0.25) is 0 Å². The number of nitrogens with zero attached hydrogens (tertiary/aromatic N) is 3. The number of aromatic nitrogens is 2. The Hall–Kier alpha value is -1.78. The third kappa shape index (κ3) is 4.45. The van der Waals surface area contributed by atoms with Gasteiger partial charge < -0.3 is 9.84 Å². The summed E-state index contributed by atoms with van der Waals surface area (Å²) >= 11 is 1.15. The van der Waals surface area contributed by atoms with Gasteiger partial charge in [0.15, 0.2) is 0 Å². The van der Waals surface area contributed by atoms with Gasteiger partial charge in [0, 0.05) is 36.0 Å². The van der Waals surface area contributed by atoms with E-state index in [9.17, 15) is 13.2 Å². The van der Waals surface area contributed by atoms with E-state index in [1.807, 2.05) is 13.8 Å². The Bertz CT molecular complexity index is 992. The molecule has 0 radical (unpaired) electrons. The van der Waals surface area contributed by atoms with E-state index in [1.165, 1.54) is 17.1 Å². The minimum atomic E-state index is -3.67. The summed E-state index contributed by atoms with van der Waals surface area (Å²) in [4.78, 5) is 16.9. The first-order chi connectivity index (χ1) is 14.3. The van der Waals surface area contributed by atoms with Gasteiger partial charge in [-0.2, -0.15) is 9.29 Å². The van der Waals surface area contributed by atoms with Crippen LogP contribution in [0.5, 0.6) is 0 Å². The number of hydrogen-bond acceptors (Lipinski definition) is 7. The SMILES string of the molecule is CC(C)NC(=O)C1CCCN(S(=O)(=O)c2cc(-c3noc(C4CCCC4)n3)cs2)C1. The Balaban J connectivity index is 1.48. The molecule has 1 atom stereocenters. The highest BCUT2D eigenvalue weighted by molar-refractivity contribution is 7.91. The van der Waals surface area contributed by atoms with E-state index in [1.54, 1.807) is 11.4 Å². The second-order valence-electron chi connectivity index (χ2n) is 8.46. The smallest absolute Gasteiger partial charge is 0.252 e. The lowest BCUT2D eigenvalue weighted by atomic mass is 9.98. The number of nitrogens with one attached hydrogen (secondary N) is 1. The van der Waals surface area contributed by atoms with Crippen LogP contribution in [-0.4, -0.2) is 47.9 Å². The monoisotopic (exact) mass is 452 g/mol. The van der Waals surface area contributed by atoms with Crippen molar-refractivity contribution in [1.29, 1.82) is 0 Å². The van der Waals surface area contributed by atoms with Crippen molar-refractivity contribution in [3.63, 3.8) is 0 Å². The number of sulfonamides is 1. The Kier molecular flexibility index (Phi) is 6.26. The molecule has 1 unspecified atom stereocenters. The molecular formula is C20H28N4O4S2. The van der Waals surface area contributed by atoms with E-state index >= 15 is 0 Å². The first-order valence-electron chi connectivity index (χ1n) is 10.6. The van der Waals surface area contributed by atoms with Gasteiger partial charge >= 0.3 is 0 Å². The summed E-state index contributed by atoms with van der Waals surface area (Å²) in [5, 5.41) is 8.70. The first-order valence-corrected chi connectivity index (χ1v) is 12.9. The number of carbonyl (C=O) groups is 1. The summed E-state index contributed by atoms with van der Waals surface area (Å²) < 4.78 is 33.5. The molecule has 30 heavy (non-hydrogen) atoms. The summed E-state index contributed by atoms with van der Waals surface area (Å²) in [6, 6.07) is 1.65. The predicted molar refractivity (Wildman–Crippen MR) is 114 cm³/mol. The maximum Gasteiger partial charge on any atom is 0.252 e. The lowest BCUT2D eigenvalue weighted by Crippen LogP contribution is -2.46. The van der Waals surface area contributed by atoms with Gasteiger partial charge in [-0.05, 0) is 45.6 Å². The van der Waals surface area contributed by atoms with Gasteiger partial charge in [0.05, 0.1) is 5.92 Å². The molecule has 0 aromatic carbocycles. The zero-order valence-corrected chi connectivity index (χ0v) is 19.0. The quantitative estimate of drug-likeness (QED) is 0.720. The van der Waals surface area contributed by atoms with Gasteiger partial charge in [-0.15, -0.1) is 11.3 Å². The fourth-order valence-electron chi connectivity index (χ4n) is 4.16. The van der Waals surface area contributed by atoms with Crippen molar-refractivity contribution in [2.45, 2.75) is 68.5 Å². The van der Waals surface area contributed by atoms with Crippen molar-refractivity contribution in [3.05, 3.63) is 17.3 Å². The molecule has 1 amide bonds. The first kappa shape index (κ1) is 21.5. The predicted octanol–water partition coefficient (Wildman–Crippen LogP) is 3.38. The van der Waals surface area contributed by atoms with Crippen molar-refractivity contribution in [2.75, 3.05) is 13.1 Å². The molecule has 4 rings (SSSR count). The highest BCUT2D eigenvalue weighted by Crippen LogP contribution is 2.35. The molecule has 2 fully saturated rings. The van der Waals surface area contributed by atoms with E-state index in [4.69, 9.17) is 4.52 Å². The third-order valence-electron chi connectivity index (χ3n) is 5.76. The Morgan fingerprint density at radius 3 is 2.77 bits per heavy atom. The van der Waals surface area contributed by atoms with Crippen LogP contribution in [0.15, 0.2) is 20.2 Å². The molecule has 164 valence electrons. The van der Waals surface area contributed by atoms with Crippen LogP contribution < -0.4 is 5.32 Å². The second-order valence-corrected chi connectivity index (χ2v) is 11.5. The molecule has 1 saturated heterocycles. The molecule has 1 aliphatic carbocycles. The van der Waals surface area contributed by atoms with Gasteiger partial charge in [0.2, 0.25) is 17.6 Å². The largest absolute Gasteiger partial charge is 0.354 e. The number of amides is 1. The minimum absolute atomic E-state index is 0.0356. The Morgan fingerprint density at radius 1 is 1.27 bits per heavy atom. The highest BCUT2D eigenvalue weighted by atomic mass is 32.2. The lowest BCUT2D eigenvalue weighted by Gasteiger charge is -2.31. The Morgan fingerprint density at radius 2 is 2.03 bits per heavy atom. The average Bonchev–Trinajstić information content (AvgIpc) is 3.48. The number of carbonyl (C=O) groups excluding carboxylic acids is 1. The average molecular weight is 453 g/mol. The number of rotatable bonds is 6. The van der Waals surface area contributed by atoms with Crippen molar-refractivity contribution >= 4 is 27.3 Å². The molecule has 2 aromatic rings. The molecule has 0 spiro atoms. The molecule has 1 aliphatic heterocycles. The van der Waals surface area contributed by atoms with Crippen LogP contribution in [0.25, 0.3) is 11.4 Å². The fourth-order valence-corrected chi connectivity index (χ4v) is 7.00. The third-order valence-corrected chi connectivity index (χ3v) is 9.04. The van der Waals surface area contributed by atoms with Crippen LogP contribution in [0.4, 0.5) is 0 Å². The van der Waals surface area contributed by atoms with Gasteiger partial charge in [-0.25, -0.2) is 8.42 Å². The van der Waals surface area contributed by atoms with Gasteiger partial charge in [-0.3, -0.25) is 4.79 Å². The molecular weight excluding hydrogens is 424 g/mol.